The van der Waals surface area contributed by atoms with Crippen molar-refractivity contribution in [3.63, 3.8) is 0 Å². The van der Waals surface area contributed by atoms with E-state index in [1.54, 1.807) is 20.4 Å². The fourth-order valence-corrected chi connectivity index (χ4v) is 2.20. The highest BCUT2D eigenvalue weighted by atomic mass is 16.5. The molecule has 0 fully saturated rings. The molecule has 134 valence electrons. The summed E-state index contributed by atoms with van der Waals surface area (Å²) in [5.74, 6) is 1.38. The van der Waals surface area contributed by atoms with Crippen molar-refractivity contribution in [2.24, 2.45) is 4.99 Å². The molecule has 2 aromatic rings. The van der Waals surface area contributed by atoms with Gasteiger partial charge in [-0.05, 0) is 23.6 Å². The van der Waals surface area contributed by atoms with E-state index in [2.05, 4.69) is 20.6 Å². The van der Waals surface area contributed by atoms with E-state index in [1.165, 1.54) is 0 Å². The third-order valence-electron chi connectivity index (χ3n) is 3.53. The van der Waals surface area contributed by atoms with Crippen LogP contribution in [0.3, 0.4) is 0 Å². The highest BCUT2D eigenvalue weighted by molar-refractivity contribution is 5.79. The highest BCUT2D eigenvalue weighted by Gasteiger charge is 2.02. The zero-order chi connectivity index (χ0) is 17.7. The lowest BCUT2D eigenvalue weighted by atomic mass is 10.2. The van der Waals surface area contributed by atoms with Gasteiger partial charge in [0, 0.05) is 46.1 Å². The predicted octanol–water partition coefficient (Wildman–Crippen LogP) is 2.36. The average molecular weight is 342 g/mol. The monoisotopic (exact) mass is 342 g/mol. The van der Waals surface area contributed by atoms with Crippen molar-refractivity contribution in [3.8, 4) is 5.88 Å². The molecule has 0 bridgehead atoms. The van der Waals surface area contributed by atoms with Crippen LogP contribution in [-0.2, 0) is 17.9 Å². The van der Waals surface area contributed by atoms with Gasteiger partial charge in [0.05, 0.1) is 0 Å². The molecule has 0 atom stereocenters. The SMILES string of the molecule is CN=C(NCCCOC)NCc1ccnc(OCc2ccccc2)c1. The van der Waals surface area contributed by atoms with E-state index in [0.717, 1.165) is 36.7 Å². The number of aliphatic imine (C=N–C) groups is 1. The first-order valence-electron chi connectivity index (χ1n) is 8.37. The van der Waals surface area contributed by atoms with E-state index in [-0.39, 0.29) is 0 Å². The molecule has 2 N–H and O–H groups in total. The van der Waals surface area contributed by atoms with Crippen LogP contribution in [0.2, 0.25) is 0 Å². The van der Waals surface area contributed by atoms with Gasteiger partial charge in [-0.15, -0.1) is 0 Å². The normalized spacial score (nSPS) is 11.2. The van der Waals surface area contributed by atoms with Crippen molar-refractivity contribution >= 4 is 5.96 Å². The Hall–Kier alpha value is -2.60. The summed E-state index contributed by atoms with van der Waals surface area (Å²) < 4.78 is 10.8. The fourth-order valence-electron chi connectivity index (χ4n) is 2.20. The standard InChI is InChI=1S/C19H26N4O2/c1-20-19(22-10-6-12-24-2)23-14-17-9-11-21-18(13-17)25-15-16-7-4-3-5-8-16/h3-5,7-9,11,13H,6,10,12,14-15H2,1-2H3,(H2,20,22,23). The van der Waals surface area contributed by atoms with Crippen LogP contribution in [0.1, 0.15) is 17.5 Å². The van der Waals surface area contributed by atoms with Crippen LogP contribution in [0.25, 0.3) is 0 Å². The Kier molecular flexibility index (Phi) is 8.27. The van der Waals surface area contributed by atoms with Crippen molar-refractivity contribution in [2.75, 3.05) is 27.3 Å². The smallest absolute Gasteiger partial charge is 0.213 e. The van der Waals surface area contributed by atoms with Gasteiger partial charge in [-0.3, -0.25) is 4.99 Å². The van der Waals surface area contributed by atoms with E-state index < -0.39 is 0 Å². The summed E-state index contributed by atoms with van der Waals surface area (Å²) >= 11 is 0. The summed E-state index contributed by atoms with van der Waals surface area (Å²) in [7, 11) is 3.46. The minimum atomic E-state index is 0.507. The number of benzene rings is 1. The molecule has 0 aliphatic heterocycles. The molecule has 0 aliphatic rings. The van der Waals surface area contributed by atoms with Crippen molar-refractivity contribution in [1.29, 1.82) is 0 Å². The quantitative estimate of drug-likeness (QED) is 0.416. The molecule has 0 amide bonds. The molecule has 2 rings (SSSR count). The van der Waals surface area contributed by atoms with E-state index in [9.17, 15) is 0 Å². The number of guanidine groups is 1. The van der Waals surface area contributed by atoms with Gasteiger partial charge in [0.15, 0.2) is 5.96 Å². The van der Waals surface area contributed by atoms with Gasteiger partial charge in [0.2, 0.25) is 5.88 Å². The van der Waals surface area contributed by atoms with Crippen LogP contribution in [0.15, 0.2) is 53.7 Å². The summed E-state index contributed by atoms with van der Waals surface area (Å²) in [6.45, 7) is 2.70. The lowest BCUT2D eigenvalue weighted by molar-refractivity contribution is 0.195. The van der Waals surface area contributed by atoms with Crippen LogP contribution < -0.4 is 15.4 Å². The summed E-state index contributed by atoms with van der Waals surface area (Å²) in [5, 5.41) is 6.53. The number of pyridine rings is 1. The molecule has 1 heterocycles. The van der Waals surface area contributed by atoms with Crippen molar-refractivity contribution in [1.82, 2.24) is 15.6 Å². The second-order valence-electron chi connectivity index (χ2n) is 5.48. The molecule has 1 aromatic heterocycles. The van der Waals surface area contributed by atoms with E-state index in [1.807, 2.05) is 42.5 Å². The maximum atomic E-state index is 5.76. The van der Waals surface area contributed by atoms with Crippen LogP contribution in [0.4, 0.5) is 0 Å². The van der Waals surface area contributed by atoms with Crippen LogP contribution in [-0.4, -0.2) is 38.3 Å². The Labute approximate surface area is 149 Å². The third-order valence-corrected chi connectivity index (χ3v) is 3.53. The van der Waals surface area contributed by atoms with Gasteiger partial charge < -0.3 is 20.1 Å². The maximum absolute atomic E-state index is 5.76. The minimum Gasteiger partial charge on any atom is -0.473 e. The fraction of sp³-hybridized carbons (Fsp3) is 0.368. The van der Waals surface area contributed by atoms with Crippen molar-refractivity contribution in [2.45, 2.75) is 19.6 Å². The highest BCUT2D eigenvalue weighted by Crippen LogP contribution is 2.11. The Bertz CT molecular complexity index is 647. The molecule has 0 radical (unpaired) electrons. The second kappa shape index (κ2) is 11.0. The molecule has 0 unspecified atom stereocenters. The molecule has 0 spiro atoms. The first kappa shape index (κ1) is 18.7. The number of hydrogen-bond donors (Lipinski definition) is 2. The van der Waals surface area contributed by atoms with Gasteiger partial charge in [0.1, 0.15) is 6.61 Å². The molecule has 0 saturated heterocycles. The third kappa shape index (κ3) is 7.22. The summed E-state index contributed by atoms with van der Waals surface area (Å²) in [6, 6.07) is 13.9. The largest absolute Gasteiger partial charge is 0.473 e. The van der Waals surface area contributed by atoms with Gasteiger partial charge in [-0.2, -0.15) is 0 Å². The first-order chi connectivity index (χ1) is 12.3. The lowest BCUT2D eigenvalue weighted by Crippen LogP contribution is -2.37. The number of nitrogens with one attached hydrogen (secondary N) is 2. The van der Waals surface area contributed by atoms with Crippen LogP contribution in [0, 0.1) is 0 Å². The van der Waals surface area contributed by atoms with Gasteiger partial charge in [0.25, 0.3) is 0 Å². The Balaban J connectivity index is 1.80. The molecule has 1 aromatic carbocycles. The Morgan fingerprint density at radius 3 is 2.72 bits per heavy atom. The second-order valence-corrected chi connectivity index (χ2v) is 5.48. The van der Waals surface area contributed by atoms with Crippen molar-refractivity contribution in [3.05, 3.63) is 59.8 Å². The van der Waals surface area contributed by atoms with Crippen LogP contribution >= 0.6 is 0 Å². The van der Waals surface area contributed by atoms with E-state index >= 15 is 0 Å². The molecule has 0 aliphatic carbocycles. The summed E-state index contributed by atoms with van der Waals surface area (Å²) in [4.78, 5) is 8.47. The van der Waals surface area contributed by atoms with Crippen molar-refractivity contribution < 1.29 is 9.47 Å². The maximum Gasteiger partial charge on any atom is 0.213 e. The molecular weight excluding hydrogens is 316 g/mol. The number of rotatable bonds is 9. The van der Waals surface area contributed by atoms with Gasteiger partial charge in [-0.1, -0.05) is 30.3 Å². The average Bonchev–Trinajstić information content (AvgIpc) is 2.67. The Morgan fingerprint density at radius 1 is 1.12 bits per heavy atom. The number of nitrogens with zero attached hydrogens (tertiary/aromatic N) is 2. The lowest BCUT2D eigenvalue weighted by Gasteiger charge is -2.12. The zero-order valence-corrected chi connectivity index (χ0v) is 14.9. The number of aromatic nitrogens is 1. The van der Waals surface area contributed by atoms with E-state index in [0.29, 0.717) is 19.0 Å². The first-order valence-corrected chi connectivity index (χ1v) is 8.37. The minimum absolute atomic E-state index is 0.507. The zero-order valence-electron chi connectivity index (χ0n) is 14.9. The summed E-state index contributed by atoms with van der Waals surface area (Å²) in [5.41, 5.74) is 2.20. The molecular formula is C19H26N4O2. The molecule has 6 heteroatoms. The number of hydrogen-bond acceptors (Lipinski definition) is 4. The predicted molar refractivity (Wildman–Crippen MR) is 99.7 cm³/mol. The van der Waals surface area contributed by atoms with Gasteiger partial charge in [-0.25, -0.2) is 4.98 Å². The Morgan fingerprint density at radius 2 is 1.96 bits per heavy atom. The van der Waals surface area contributed by atoms with Crippen LogP contribution in [0.5, 0.6) is 5.88 Å². The molecule has 0 saturated carbocycles. The van der Waals surface area contributed by atoms with E-state index in [4.69, 9.17) is 9.47 Å². The molecule has 6 nitrogen and oxygen atoms in total. The number of ether oxygens (including phenoxy) is 2. The molecule has 25 heavy (non-hydrogen) atoms. The number of methoxy groups -OCH3 is 1. The summed E-state index contributed by atoms with van der Waals surface area (Å²) in [6.07, 6.45) is 2.69. The van der Waals surface area contributed by atoms with Gasteiger partial charge >= 0.3 is 0 Å². The topological polar surface area (TPSA) is 67.8 Å².